The summed E-state index contributed by atoms with van der Waals surface area (Å²) in [6.07, 6.45) is 0.657. The molecule has 1 unspecified atom stereocenters. The molecule has 108 valence electrons. The average molecular weight is 288 g/mol. The van der Waals surface area contributed by atoms with Crippen molar-refractivity contribution in [1.82, 2.24) is 0 Å². The molecule has 0 spiro atoms. The number of nitrogens with one attached hydrogen (secondary N) is 1. The van der Waals surface area contributed by atoms with Crippen LogP contribution in [0.15, 0.2) is 42.5 Å². The van der Waals surface area contributed by atoms with Crippen LogP contribution in [-0.2, 0) is 6.42 Å². The predicted octanol–water partition coefficient (Wildman–Crippen LogP) is 3.15. The summed E-state index contributed by atoms with van der Waals surface area (Å²) in [7, 11) is 0. The Labute approximate surface area is 120 Å². The number of benzene rings is 2. The Morgan fingerprint density at radius 2 is 2.14 bits per heavy atom. The van der Waals surface area contributed by atoms with Crippen LogP contribution in [0.3, 0.4) is 0 Å². The Hall–Kier alpha value is -2.63. The van der Waals surface area contributed by atoms with E-state index in [1.165, 1.54) is 12.1 Å². The molecule has 5 nitrogen and oxygen atoms in total. The second-order valence-corrected chi connectivity index (χ2v) is 4.85. The van der Waals surface area contributed by atoms with Gasteiger partial charge in [0.25, 0.3) is 5.69 Å². The van der Waals surface area contributed by atoms with Crippen LogP contribution >= 0.6 is 0 Å². The summed E-state index contributed by atoms with van der Waals surface area (Å²) < 4.78 is 18.8. The molecule has 2 aromatic carbocycles. The number of hydrogen-bond acceptors (Lipinski definition) is 4. The van der Waals surface area contributed by atoms with Gasteiger partial charge in [-0.25, -0.2) is 4.39 Å². The molecule has 0 fully saturated rings. The standard InChI is InChI=1S/C15H13FN2O3/c16-11-5-6-13(14(8-11)18(19)20)17-9-12-7-10-3-1-2-4-15(10)21-12/h1-6,8,12,17H,7,9H2. The van der Waals surface area contributed by atoms with E-state index in [-0.39, 0.29) is 11.8 Å². The Balaban J connectivity index is 1.68. The summed E-state index contributed by atoms with van der Waals surface area (Å²) in [6, 6.07) is 11.2. The van der Waals surface area contributed by atoms with Crippen LogP contribution in [0.2, 0.25) is 0 Å². The third-order valence-corrected chi connectivity index (χ3v) is 3.39. The van der Waals surface area contributed by atoms with E-state index in [0.717, 1.165) is 23.8 Å². The van der Waals surface area contributed by atoms with Gasteiger partial charge in [-0.3, -0.25) is 10.1 Å². The lowest BCUT2D eigenvalue weighted by Gasteiger charge is -2.13. The van der Waals surface area contributed by atoms with Gasteiger partial charge < -0.3 is 10.1 Å². The summed E-state index contributed by atoms with van der Waals surface area (Å²) in [5.41, 5.74) is 1.14. The van der Waals surface area contributed by atoms with Crippen molar-refractivity contribution in [2.45, 2.75) is 12.5 Å². The van der Waals surface area contributed by atoms with Gasteiger partial charge in [0.05, 0.1) is 17.5 Å². The first-order chi connectivity index (χ1) is 10.1. The van der Waals surface area contributed by atoms with E-state index in [9.17, 15) is 14.5 Å². The highest BCUT2D eigenvalue weighted by atomic mass is 19.1. The molecule has 0 amide bonds. The van der Waals surface area contributed by atoms with Gasteiger partial charge in [-0.15, -0.1) is 0 Å². The van der Waals surface area contributed by atoms with Crippen LogP contribution in [0, 0.1) is 15.9 Å². The first-order valence-corrected chi connectivity index (χ1v) is 6.56. The predicted molar refractivity (Wildman–Crippen MR) is 76.1 cm³/mol. The zero-order valence-electron chi connectivity index (χ0n) is 11.1. The van der Waals surface area contributed by atoms with E-state index in [2.05, 4.69) is 5.32 Å². The van der Waals surface area contributed by atoms with E-state index in [4.69, 9.17) is 4.74 Å². The molecule has 0 radical (unpaired) electrons. The Morgan fingerprint density at radius 3 is 2.90 bits per heavy atom. The lowest BCUT2D eigenvalue weighted by atomic mass is 10.1. The Bertz CT molecular complexity index is 665. The number of hydrogen-bond donors (Lipinski definition) is 1. The van der Waals surface area contributed by atoms with Gasteiger partial charge in [0.15, 0.2) is 0 Å². The molecule has 2 aromatic rings. The molecule has 1 aliphatic heterocycles. The molecule has 1 N–H and O–H groups in total. The zero-order chi connectivity index (χ0) is 14.8. The second-order valence-electron chi connectivity index (χ2n) is 4.85. The summed E-state index contributed by atoms with van der Waals surface area (Å²) >= 11 is 0. The Morgan fingerprint density at radius 1 is 1.33 bits per heavy atom. The van der Waals surface area contributed by atoms with Gasteiger partial charge in [0, 0.05) is 6.42 Å². The highest BCUT2D eigenvalue weighted by Gasteiger charge is 2.23. The number of ether oxygens (including phenoxy) is 1. The minimum atomic E-state index is -0.628. The fourth-order valence-corrected chi connectivity index (χ4v) is 2.40. The van der Waals surface area contributed by atoms with Crippen LogP contribution < -0.4 is 10.1 Å². The van der Waals surface area contributed by atoms with Crippen molar-refractivity contribution < 1.29 is 14.1 Å². The first-order valence-electron chi connectivity index (χ1n) is 6.56. The van der Waals surface area contributed by atoms with E-state index < -0.39 is 10.7 Å². The molecule has 1 heterocycles. The number of fused-ring (bicyclic) bond motifs is 1. The highest BCUT2D eigenvalue weighted by molar-refractivity contribution is 5.61. The van der Waals surface area contributed by atoms with Crippen molar-refractivity contribution in [3.63, 3.8) is 0 Å². The molecule has 0 aromatic heterocycles. The largest absolute Gasteiger partial charge is 0.488 e. The number of para-hydroxylation sites is 1. The van der Waals surface area contributed by atoms with E-state index in [1.54, 1.807) is 0 Å². The van der Waals surface area contributed by atoms with Crippen molar-refractivity contribution in [3.8, 4) is 5.75 Å². The Kier molecular flexibility index (Phi) is 3.43. The monoisotopic (exact) mass is 288 g/mol. The first kappa shape index (κ1) is 13.4. The SMILES string of the molecule is O=[N+]([O-])c1cc(F)ccc1NCC1Cc2ccccc2O1. The molecule has 0 saturated heterocycles. The molecule has 1 aliphatic rings. The fraction of sp³-hybridized carbons (Fsp3) is 0.200. The third kappa shape index (κ3) is 2.79. The molecular formula is C15H13FN2O3. The van der Waals surface area contributed by atoms with Gasteiger partial charge in [-0.05, 0) is 23.8 Å². The van der Waals surface area contributed by atoms with E-state index in [0.29, 0.717) is 12.2 Å². The normalized spacial score (nSPS) is 16.1. The van der Waals surface area contributed by atoms with Crippen molar-refractivity contribution in [2.24, 2.45) is 0 Å². The fourth-order valence-electron chi connectivity index (χ4n) is 2.40. The number of halogens is 1. The van der Waals surface area contributed by atoms with E-state index in [1.807, 2.05) is 24.3 Å². The minimum absolute atomic E-state index is 0.0907. The number of anilines is 1. The zero-order valence-corrected chi connectivity index (χ0v) is 11.1. The molecule has 0 aliphatic carbocycles. The third-order valence-electron chi connectivity index (χ3n) is 3.39. The molecule has 0 bridgehead atoms. The van der Waals surface area contributed by atoms with Crippen LogP contribution in [0.5, 0.6) is 5.75 Å². The minimum Gasteiger partial charge on any atom is -0.488 e. The van der Waals surface area contributed by atoms with Crippen LogP contribution in [0.25, 0.3) is 0 Å². The van der Waals surface area contributed by atoms with Gasteiger partial charge in [-0.2, -0.15) is 0 Å². The second kappa shape index (κ2) is 5.40. The van der Waals surface area contributed by atoms with Gasteiger partial charge in [0.2, 0.25) is 0 Å². The average Bonchev–Trinajstić information content (AvgIpc) is 2.88. The van der Waals surface area contributed by atoms with Crippen molar-refractivity contribution in [2.75, 3.05) is 11.9 Å². The molecule has 21 heavy (non-hydrogen) atoms. The van der Waals surface area contributed by atoms with Crippen molar-refractivity contribution in [1.29, 1.82) is 0 Å². The van der Waals surface area contributed by atoms with Gasteiger partial charge in [0.1, 0.15) is 23.4 Å². The van der Waals surface area contributed by atoms with Crippen LogP contribution in [0.4, 0.5) is 15.8 Å². The van der Waals surface area contributed by atoms with Gasteiger partial charge in [-0.1, -0.05) is 18.2 Å². The molecule has 6 heteroatoms. The van der Waals surface area contributed by atoms with Crippen molar-refractivity contribution >= 4 is 11.4 Å². The smallest absolute Gasteiger partial charge is 0.295 e. The summed E-state index contributed by atoms with van der Waals surface area (Å²) in [4.78, 5) is 10.3. The number of nitro benzene ring substituents is 1. The summed E-state index contributed by atoms with van der Waals surface area (Å²) in [6.45, 7) is 0.418. The van der Waals surface area contributed by atoms with Gasteiger partial charge >= 0.3 is 0 Å². The quantitative estimate of drug-likeness (QED) is 0.693. The van der Waals surface area contributed by atoms with Crippen LogP contribution in [-0.4, -0.2) is 17.6 Å². The lowest BCUT2D eigenvalue weighted by molar-refractivity contribution is -0.384. The number of nitrogens with zero attached hydrogens (tertiary/aromatic N) is 1. The maximum absolute atomic E-state index is 13.1. The number of nitro groups is 1. The van der Waals surface area contributed by atoms with Crippen LogP contribution in [0.1, 0.15) is 5.56 Å². The summed E-state index contributed by atoms with van der Waals surface area (Å²) in [5, 5.41) is 13.9. The maximum Gasteiger partial charge on any atom is 0.295 e. The number of rotatable bonds is 4. The topological polar surface area (TPSA) is 64.4 Å². The lowest BCUT2D eigenvalue weighted by Crippen LogP contribution is -2.24. The maximum atomic E-state index is 13.1. The molecular weight excluding hydrogens is 275 g/mol. The highest BCUT2D eigenvalue weighted by Crippen LogP contribution is 2.29. The summed E-state index contributed by atoms with van der Waals surface area (Å²) in [5.74, 6) is 0.217. The molecule has 1 atom stereocenters. The van der Waals surface area contributed by atoms with Crippen molar-refractivity contribution in [3.05, 3.63) is 64.0 Å². The molecule has 3 rings (SSSR count). The van der Waals surface area contributed by atoms with E-state index >= 15 is 0 Å². The molecule has 0 saturated carbocycles.